The maximum atomic E-state index is 13.1. The Bertz CT molecular complexity index is 810. The van der Waals surface area contributed by atoms with E-state index in [2.05, 4.69) is 15.7 Å². The van der Waals surface area contributed by atoms with Crippen molar-refractivity contribution in [2.45, 2.75) is 57.9 Å². The van der Waals surface area contributed by atoms with Gasteiger partial charge >= 0.3 is 0 Å². The maximum absolute atomic E-state index is 13.1. The standard InChI is InChI=1S/C21H27FN4O2/c1-2-19-18(14-24-26(19)17-10-8-15(22)9-11-17)21(28)23-13-12-20(27)25-16-6-4-3-5-7-16/h8-11,14,16H,2-7,12-13H2,1H3,(H,23,28)(H,25,27). The van der Waals surface area contributed by atoms with Crippen LogP contribution >= 0.6 is 0 Å². The number of carbonyl (C=O) groups is 2. The Balaban J connectivity index is 1.55. The lowest BCUT2D eigenvalue weighted by Crippen LogP contribution is -2.38. The molecule has 2 aromatic rings. The zero-order valence-electron chi connectivity index (χ0n) is 16.2. The van der Waals surface area contributed by atoms with Gasteiger partial charge in [-0.3, -0.25) is 9.59 Å². The Morgan fingerprint density at radius 3 is 2.57 bits per heavy atom. The first-order chi connectivity index (χ1) is 13.6. The monoisotopic (exact) mass is 386 g/mol. The molecule has 3 rings (SSSR count). The molecule has 1 aliphatic rings. The van der Waals surface area contributed by atoms with E-state index in [1.165, 1.54) is 37.6 Å². The molecule has 1 aromatic carbocycles. The number of carbonyl (C=O) groups excluding carboxylic acids is 2. The third-order valence-corrected chi connectivity index (χ3v) is 5.13. The molecule has 7 heteroatoms. The predicted octanol–water partition coefficient (Wildman–Crippen LogP) is 3.14. The highest BCUT2D eigenvalue weighted by Gasteiger charge is 2.18. The molecule has 0 unspecified atom stereocenters. The van der Waals surface area contributed by atoms with E-state index in [0.717, 1.165) is 18.5 Å². The van der Waals surface area contributed by atoms with E-state index in [-0.39, 0.29) is 36.6 Å². The Morgan fingerprint density at radius 2 is 1.89 bits per heavy atom. The molecule has 1 aromatic heterocycles. The van der Waals surface area contributed by atoms with Gasteiger partial charge in [0.25, 0.3) is 5.91 Å². The normalized spacial score (nSPS) is 14.6. The molecule has 6 nitrogen and oxygen atoms in total. The SMILES string of the molecule is CCc1c(C(=O)NCCC(=O)NC2CCCCC2)cnn1-c1ccc(F)cc1. The molecule has 0 spiro atoms. The molecule has 150 valence electrons. The molecule has 1 saturated carbocycles. The lowest BCUT2D eigenvalue weighted by atomic mass is 9.95. The van der Waals surface area contributed by atoms with Gasteiger partial charge < -0.3 is 10.6 Å². The van der Waals surface area contributed by atoms with E-state index in [0.29, 0.717) is 17.7 Å². The van der Waals surface area contributed by atoms with Crippen LogP contribution in [0.5, 0.6) is 0 Å². The number of amides is 2. The second kappa shape index (κ2) is 9.48. The van der Waals surface area contributed by atoms with Crippen LogP contribution in [0, 0.1) is 5.82 Å². The van der Waals surface area contributed by atoms with Gasteiger partial charge in [-0.25, -0.2) is 9.07 Å². The van der Waals surface area contributed by atoms with Gasteiger partial charge in [-0.2, -0.15) is 5.10 Å². The summed E-state index contributed by atoms with van der Waals surface area (Å²) >= 11 is 0. The Hall–Kier alpha value is -2.70. The number of hydrogen-bond acceptors (Lipinski definition) is 3. The van der Waals surface area contributed by atoms with Crippen molar-refractivity contribution in [3.05, 3.63) is 47.5 Å². The fraction of sp³-hybridized carbons (Fsp3) is 0.476. The van der Waals surface area contributed by atoms with E-state index in [9.17, 15) is 14.0 Å². The fourth-order valence-corrected chi connectivity index (χ4v) is 3.64. The largest absolute Gasteiger partial charge is 0.353 e. The smallest absolute Gasteiger partial charge is 0.254 e. The van der Waals surface area contributed by atoms with Crippen LogP contribution in [-0.4, -0.2) is 34.2 Å². The van der Waals surface area contributed by atoms with E-state index in [1.807, 2.05) is 6.92 Å². The summed E-state index contributed by atoms with van der Waals surface area (Å²) < 4.78 is 14.8. The Morgan fingerprint density at radius 1 is 1.18 bits per heavy atom. The van der Waals surface area contributed by atoms with Gasteiger partial charge in [0.2, 0.25) is 5.91 Å². The predicted molar refractivity (Wildman–Crippen MR) is 105 cm³/mol. The zero-order chi connectivity index (χ0) is 19.9. The molecule has 0 radical (unpaired) electrons. The van der Waals surface area contributed by atoms with E-state index < -0.39 is 0 Å². The van der Waals surface area contributed by atoms with Crippen molar-refractivity contribution in [3.63, 3.8) is 0 Å². The van der Waals surface area contributed by atoms with Gasteiger partial charge in [-0.1, -0.05) is 26.2 Å². The molecule has 0 aliphatic heterocycles. The molecule has 1 aliphatic carbocycles. The summed E-state index contributed by atoms with van der Waals surface area (Å²) in [7, 11) is 0. The van der Waals surface area contributed by atoms with Crippen LogP contribution in [0.4, 0.5) is 4.39 Å². The minimum atomic E-state index is -0.321. The second-order valence-corrected chi connectivity index (χ2v) is 7.16. The van der Waals surface area contributed by atoms with Crippen molar-refractivity contribution in [1.29, 1.82) is 0 Å². The number of benzene rings is 1. The highest BCUT2D eigenvalue weighted by atomic mass is 19.1. The van der Waals surface area contributed by atoms with Crippen molar-refractivity contribution in [2.24, 2.45) is 0 Å². The topological polar surface area (TPSA) is 76.0 Å². The molecular weight excluding hydrogens is 359 g/mol. The van der Waals surface area contributed by atoms with Gasteiger partial charge in [0, 0.05) is 19.0 Å². The number of rotatable bonds is 7. The summed E-state index contributed by atoms with van der Waals surface area (Å²) in [4.78, 5) is 24.6. The quantitative estimate of drug-likeness (QED) is 0.768. The van der Waals surface area contributed by atoms with Gasteiger partial charge in [0.15, 0.2) is 0 Å². The highest BCUT2D eigenvalue weighted by Crippen LogP contribution is 2.18. The van der Waals surface area contributed by atoms with Crippen LogP contribution in [-0.2, 0) is 11.2 Å². The summed E-state index contributed by atoms with van der Waals surface area (Å²) in [6.45, 7) is 2.22. The molecule has 0 bridgehead atoms. The van der Waals surface area contributed by atoms with E-state index >= 15 is 0 Å². The molecule has 1 heterocycles. The zero-order valence-corrected chi connectivity index (χ0v) is 16.2. The van der Waals surface area contributed by atoms with Crippen molar-refractivity contribution < 1.29 is 14.0 Å². The molecular formula is C21H27FN4O2. The van der Waals surface area contributed by atoms with E-state index in [4.69, 9.17) is 0 Å². The third-order valence-electron chi connectivity index (χ3n) is 5.13. The van der Waals surface area contributed by atoms with Gasteiger partial charge in [-0.15, -0.1) is 0 Å². The van der Waals surface area contributed by atoms with Crippen LogP contribution in [0.1, 0.15) is 61.5 Å². The molecule has 28 heavy (non-hydrogen) atoms. The average Bonchev–Trinajstić information content (AvgIpc) is 3.13. The first-order valence-electron chi connectivity index (χ1n) is 9.99. The maximum Gasteiger partial charge on any atom is 0.254 e. The number of hydrogen-bond donors (Lipinski definition) is 2. The van der Waals surface area contributed by atoms with Gasteiger partial charge in [0.05, 0.1) is 23.1 Å². The number of nitrogens with one attached hydrogen (secondary N) is 2. The molecule has 2 N–H and O–H groups in total. The summed E-state index contributed by atoms with van der Waals surface area (Å²) in [5.74, 6) is -0.598. The van der Waals surface area contributed by atoms with Crippen LogP contribution in [0.2, 0.25) is 0 Å². The molecule has 2 amide bonds. The summed E-state index contributed by atoms with van der Waals surface area (Å²) in [5.41, 5.74) is 1.92. The van der Waals surface area contributed by atoms with Crippen molar-refractivity contribution in [1.82, 2.24) is 20.4 Å². The second-order valence-electron chi connectivity index (χ2n) is 7.16. The minimum Gasteiger partial charge on any atom is -0.353 e. The first kappa shape index (κ1) is 20.0. The van der Waals surface area contributed by atoms with Crippen LogP contribution in [0.25, 0.3) is 5.69 Å². The Labute approximate surface area is 164 Å². The fourth-order valence-electron chi connectivity index (χ4n) is 3.64. The molecule has 0 atom stereocenters. The number of nitrogens with zero attached hydrogens (tertiary/aromatic N) is 2. The number of halogens is 1. The van der Waals surface area contributed by atoms with Gasteiger partial charge in [-0.05, 0) is 43.5 Å². The molecule has 0 saturated heterocycles. The van der Waals surface area contributed by atoms with Crippen molar-refractivity contribution in [2.75, 3.05) is 6.54 Å². The van der Waals surface area contributed by atoms with Crippen LogP contribution in [0.15, 0.2) is 30.5 Å². The summed E-state index contributed by atoms with van der Waals surface area (Å²) in [5, 5.41) is 10.1. The van der Waals surface area contributed by atoms with E-state index in [1.54, 1.807) is 16.8 Å². The third kappa shape index (κ3) is 4.97. The van der Waals surface area contributed by atoms with Crippen LogP contribution < -0.4 is 10.6 Å². The minimum absolute atomic E-state index is 0.0232. The lowest BCUT2D eigenvalue weighted by Gasteiger charge is -2.22. The Kier molecular flexibility index (Phi) is 6.79. The van der Waals surface area contributed by atoms with Crippen molar-refractivity contribution in [3.8, 4) is 5.69 Å². The first-order valence-corrected chi connectivity index (χ1v) is 9.99. The highest BCUT2D eigenvalue weighted by molar-refractivity contribution is 5.95. The van der Waals surface area contributed by atoms with Gasteiger partial charge in [0.1, 0.15) is 5.82 Å². The molecule has 1 fully saturated rings. The van der Waals surface area contributed by atoms with Crippen molar-refractivity contribution >= 4 is 11.8 Å². The summed E-state index contributed by atoms with van der Waals surface area (Å²) in [6.07, 6.45) is 8.03. The lowest BCUT2D eigenvalue weighted by molar-refractivity contribution is -0.121. The summed E-state index contributed by atoms with van der Waals surface area (Å²) in [6, 6.07) is 6.25. The van der Waals surface area contributed by atoms with Crippen LogP contribution in [0.3, 0.4) is 0 Å². The number of aromatic nitrogens is 2. The average molecular weight is 386 g/mol.